The van der Waals surface area contributed by atoms with Crippen molar-refractivity contribution in [3.05, 3.63) is 29.3 Å². The van der Waals surface area contributed by atoms with Gasteiger partial charge in [-0.05, 0) is 44.4 Å². The SMILES string of the molecule is Cc1ccc(C(N)=O)c(N2CCC(N)CC2C)c1. The first-order valence-electron chi connectivity index (χ1n) is 6.41. The van der Waals surface area contributed by atoms with Crippen LogP contribution in [0.2, 0.25) is 0 Å². The minimum atomic E-state index is -0.368. The number of hydrogen-bond acceptors (Lipinski definition) is 3. The molecule has 4 heteroatoms. The lowest BCUT2D eigenvalue weighted by Crippen LogP contribution is -2.46. The van der Waals surface area contributed by atoms with E-state index < -0.39 is 0 Å². The van der Waals surface area contributed by atoms with Crippen LogP contribution in [-0.4, -0.2) is 24.5 Å². The fourth-order valence-electron chi connectivity index (χ4n) is 2.65. The topological polar surface area (TPSA) is 72.4 Å². The summed E-state index contributed by atoms with van der Waals surface area (Å²) < 4.78 is 0. The van der Waals surface area contributed by atoms with E-state index in [4.69, 9.17) is 11.5 Å². The predicted molar refractivity (Wildman–Crippen MR) is 73.7 cm³/mol. The molecule has 1 aliphatic rings. The lowest BCUT2D eigenvalue weighted by molar-refractivity contribution is 0.100. The Morgan fingerprint density at radius 3 is 2.78 bits per heavy atom. The fourth-order valence-corrected chi connectivity index (χ4v) is 2.65. The van der Waals surface area contributed by atoms with Crippen molar-refractivity contribution in [1.29, 1.82) is 0 Å². The van der Waals surface area contributed by atoms with Crippen LogP contribution >= 0.6 is 0 Å². The van der Waals surface area contributed by atoms with Crippen LogP contribution in [0, 0.1) is 6.92 Å². The normalized spacial score (nSPS) is 24.1. The van der Waals surface area contributed by atoms with Crippen molar-refractivity contribution in [3.8, 4) is 0 Å². The molecule has 2 unspecified atom stereocenters. The van der Waals surface area contributed by atoms with Crippen molar-refractivity contribution >= 4 is 11.6 Å². The quantitative estimate of drug-likeness (QED) is 0.830. The number of rotatable bonds is 2. The Labute approximate surface area is 108 Å². The van der Waals surface area contributed by atoms with Gasteiger partial charge in [-0.3, -0.25) is 4.79 Å². The summed E-state index contributed by atoms with van der Waals surface area (Å²) in [7, 11) is 0. The van der Waals surface area contributed by atoms with Gasteiger partial charge in [0.1, 0.15) is 0 Å². The second-order valence-electron chi connectivity index (χ2n) is 5.21. The van der Waals surface area contributed by atoms with E-state index in [-0.39, 0.29) is 11.9 Å². The average Bonchev–Trinajstić information content (AvgIpc) is 2.28. The van der Waals surface area contributed by atoms with E-state index in [2.05, 4.69) is 11.8 Å². The molecule has 0 radical (unpaired) electrons. The zero-order valence-electron chi connectivity index (χ0n) is 11.0. The summed E-state index contributed by atoms with van der Waals surface area (Å²) in [4.78, 5) is 13.8. The van der Waals surface area contributed by atoms with E-state index in [1.807, 2.05) is 25.1 Å². The molecule has 0 spiro atoms. The summed E-state index contributed by atoms with van der Waals surface area (Å²) in [6.07, 6.45) is 1.91. The van der Waals surface area contributed by atoms with Crippen LogP contribution in [0.3, 0.4) is 0 Å². The Balaban J connectivity index is 2.37. The van der Waals surface area contributed by atoms with Gasteiger partial charge in [-0.15, -0.1) is 0 Å². The highest BCUT2D eigenvalue weighted by Crippen LogP contribution is 2.28. The average molecular weight is 247 g/mol. The van der Waals surface area contributed by atoms with Gasteiger partial charge in [0.2, 0.25) is 0 Å². The van der Waals surface area contributed by atoms with Crippen LogP contribution in [0.4, 0.5) is 5.69 Å². The molecule has 2 rings (SSSR count). The number of anilines is 1. The number of carbonyl (C=O) groups excluding carboxylic acids is 1. The standard InChI is InChI=1S/C14H21N3O/c1-9-3-4-12(14(16)18)13(7-9)17-6-5-11(15)8-10(17)2/h3-4,7,10-11H,5-6,8,15H2,1-2H3,(H2,16,18). The zero-order valence-corrected chi connectivity index (χ0v) is 11.0. The van der Waals surface area contributed by atoms with Crippen LogP contribution in [-0.2, 0) is 0 Å². The number of primary amides is 1. The van der Waals surface area contributed by atoms with E-state index >= 15 is 0 Å². The molecule has 0 aliphatic carbocycles. The summed E-state index contributed by atoms with van der Waals surface area (Å²) >= 11 is 0. The largest absolute Gasteiger partial charge is 0.368 e. The number of piperidine rings is 1. The van der Waals surface area contributed by atoms with E-state index in [9.17, 15) is 4.79 Å². The Morgan fingerprint density at radius 2 is 2.17 bits per heavy atom. The first kappa shape index (κ1) is 12.9. The van der Waals surface area contributed by atoms with E-state index in [0.717, 1.165) is 30.6 Å². The van der Waals surface area contributed by atoms with Gasteiger partial charge in [-0.1, -0.05) is 6.07 Å². The molecule has 98 valence electrons. The highest BCUT2D eigenvalue weighted by molar-refractivity contribution is 5.98. The Kier molecular flexibility index (Phi) is 3.57. The molecule has 1 heterocycles. The van der Waals surface area contributed by atoms with Gasteiger partial charge in [0.05, 0.1) is 11.3 Å². The smallest absolute Gasteiger partial charge is 0.250 e. The number of amides is 1. The number of carbonyl (C=O) groups is 1. The number of benzene rings is 1. The van der Waals surface area contributed by atoms with Crippen LogP contribution in [0.5, 0.6) is 0 Å². The van der Waals surface area contributed by atoms with Gasteiger partial charge >= 0.3 is 0 Å². The van der Waals surface area contributed by atoms with Crippen molar-refractivity contribution in [2.24, 2.45) is 11.5 Å². The minimum absolute atomic E-state index is 0.262. The highest BCUT2D eigenvalue weighted by atomic mass is 16.1. The summed E-state index contributed by atoms with van der Waals surface area (Å²) in [5.41, 5.74) is 14.1. The molecule has 1 fully saturated rings. The lowest BCUT2D eigenvalue weighted by atomic mass is 9.96. The van der Waals surface area contributed by atoms with Gasteiger partial charge in [-0.25, -0.2) is 0 Å². The Bertz CT molecular complexity index is 458. The van der Waals surface area contributed by atoms with E-state index in [1.165, 1.54) is 0 Å². The monoisotopic (exact) mass is 247 g/mol. The van der Waals surface area contributed by atoms with Gasteiger partial charge in [0.25, 0.3) is 5.91 Å². The number of nitrogens with two attached hydrogens (primary N) is 2. The molecule has 1 aromatic carbocycles. The maximum absolute atomic E-state index is 11.5. The molecule has 2 atom stereocenters. The van der Waals surface area contributed by atoms with Crippen molar-refractivity contribution in [1.82, 2.24) is 0 Å². The van der Waals surface area contributed by atoms with Gasteiger partial charge in [0, 0.05) is 18.6 Å². The maximum atomic E-state index is 11.5. The second-order valence-corrected chi connectivity index (χ2v) is 5.21. The first-order chi connectivity index (χ1) is 8.49. The fraction of sp³-hybridized carbons (Fsp3) is 0.500. The number of nitrogens with zero attached hydrogens (tertiary/aromatic N) is 1. The summed E-state index contributed by atoms with van der Waals surface area (Å²) in [6.45, 7) is 5.05. The van der Waals surface area contributed by atoms with Crippen molar-refractivity contribution in [2.75, 3.05) is 11.4 Å². The third kappa shape index (κ3) is 2.48. The Hall–Kier alpha value is -1.55. The second kappa shape index (κ2) is 4.98. The molecule has 0 saturated carbocycles. The first-order valence-corrected chi connectivity index (χ1v) is 6.41. The third-order valence-corrected chi connectivity index (χ3v) is 3.64. The molecule has 1 aromatic rings. The van der Waals surface area contributed by atoms with Crippen molar-refractivity contribution in [2.45, 2.75) is 38.8 Å². The van der Waals surface area contributed by atoms with Crippen molar-refractivity contribution < 1.29 is 4.79 Å². The summed E-state index contributed by atoms with van der Waals surface area (Å²) in [5.74, 6) is -0.368. The minimum Gasteiger partial charge on any atom is -0.368 e. The van der Waals surface area contributed by atoms with Gasteiger partial charge in [-0.2, -0.15) is 0 Å². The van der Waals surface area contributed by atoms with Crippen LogP contribution in [0.1, 0.15) is 35.7 Å². The van der Waals surface area contributed by atoms with Crippen LogP contribution in [0.25, 0.3) is 0 Å². The Morgan fingerprint density at radius 1 is 1.44 bits per heavy atom. The maximum Gasteiger partial charge on any atom is 0.250 e. The van der Waals surface area contributed by atoms with Gasteiger partial charge in [0.15, 0.2) is 0 Å². The number of hydrogen-bond donors (Lipinski definition) is 2. The molecule has 1 saturated heterocycles. The summed E-state index contributed by atoms with van der Waals surface area (Å²) in [6, 6.07) is 6.37. The molecular formula is C14H21N3O. The van der Waals surface area contributed by atoms with Crippen molar-refractivity contribution in [3.63, 3.8) is 0 Å². The molecule has 4 N–H and O–H groups in total. The summed E-state index contributed by atoms with van der Waals surface area (Å²) in [5, 5.41) is 0. The predicted octanol–water partition coefficient (Wildman–Crippen LogP) is 1.41. The lowest BCUT2D eigenvalue weighted by Gasteiger charge is -2.39. The van der Waals surface area contributed by atoms with E-state index in [0.29, 0.717) is 11.6 Å². The molecule has 0 aromatic heterocycles. The molecule has 1 aliphatic heterocycles. The van der Waals surface area contributed by atoms with Crippen LogP contribution in [0.15, 0.2) is 18.2 Å². The third-order valence-electron chi connectivity index (χ3n) is 3.64. The molecule has 4 nitrogen and oxygen atoms in total. The zero-order chi connectivity index (χ0) is 13.3. The highest BCUT2D eigenvalue weighted by Gasteiger charge is 2.25. The molecule has 1 amide bonds. The van der Waals surface area contributed by atoms with Gasteiger partial charge < -0.3 is 16.4 Å². The molecule has 0 bridgehead atoms. The number of aryl methyl sites for hydroxylation is 1. The molecule has 18 heavy (non-hydrogen) atoms. The molecular weight excluding hydrogens is 226 g/mol. The van der Waals surface area contributed by atoms with Crippen LogP contribution < -0.4 is 16.4 Å². The van der Waals surface area contributed by atoms with E-state index in [1.54, 1.807) is 0 Å².